The summed E-state index contributed by atoms with van der Waals surface area (Å²) in [6.45, 7) is 2.00. The number of nitrogens with two attached hydrogens (primary N) is 1. The predicted molar refractivity (Wildman–Crippen MR) is 66.7 cm³/mol. The molecule has 1 saturated heterocycles. The Morgan fingerprint density at radius 1 is 1.13 bits per heavy atom. The Hall–Kier alpha value is -0.280. The fourth-order valence-electron chi connectivity index (χ4n) is 1.94. The molecule has 1 aliphatic heterocycles. The maximum absolute atomic E-state index is 6.35. The molecule has 0 amide bonds. The molecule has 0 atom stereocenters. The zero-order chi connectivity index (χ0) is 10.0. The summed E-state index contributed by atoms with van der Waals surface area (Å²) < 4.78 is 0. The van der Waals surface area contributed by atoms with Crippen LogP contribution in [0.25, 0.3) is 0 Å². The molecule has 0 aromatic heterocycles. The van der Waals surface area contributed by atoms with Gasteiger partial charge in [0.25, 0.3) is 0 Å². The van der Waals surface area contributed by atoms with Gasteiger partial charge in [-0.3, -0.25) is 0 Å². The van der Waals surface area contributed by atoms with Crippen molar-refractivity contribution in [2.24, 2.45) is 5.73 Å². The molecule has 84 valence electrons. The van der Waals surface area contributed by atoms with Crippen LogP contribution in [0.1, 0.15) is 18.4 Å². The molecule has 0 aliphatic carbocycles. The smallest absolute Gasteiger partial charge is 0.0433 e. The van der Waals surface area contributed by atoms with Crippen LogP contribution in [-0.2, 0) is 5.54 Å². The molecule has 1 heterocycles. The van der Waals surface area contributed by atoms with E-state index in [1.54, 1.807) is 0 Å². The van der Waals surface area contributed by atoms with Crippen molar-refractivity contribution in [3.63, 3.8) is 0 Å². The molecule has 15 heavy (non-hydrogen) atoms. The third-order valence-corrected chi connectivity index (χ3v) is 3.17. The number of piperidine rings is 1. The molecule has 1 aliphatic rings. The second kappa shape index (κ2) is 5.17. The third kappa shape index (κ3) is 2.85. The molecule has 1 aromatic carbocycles. The van der Waals surface area contributed by atoms with Gasteiger partial charge in [-0.05, 0) is 43.6 Å². The number of halogens is 2. The van der Waals surface area contributed by atoms with Crippen molar-refractivity contribution in [3.05, 3.63) is 34.9 Å². The Kier molecular flexibility index (Phi) is 4.41. The summed E-state index contributed by atoms with van der Waals surface area (Å²) in [5, 5.41) is 4.08. The van der Waals surface area contributed by atoms with E-state index in [0.29, 0.717) is 0 Å². The average molecular weight is 247 g/mol. The van der Waals surface area contributed by atoms with Crippen molar-refractivity contribution in [3.8, 4) is 0 Å². The summed E-state index contributed by atoms with van der Waals surface area (Å²) in [6.07, 6.45) is 1.99. The highest BCUT2D eigenvalue weighted by Crippen LogP contribution is 2.28. The highest BCUT2D eigenvalue weighted by Gasteiger charge is 2.28. The van der Waals surface area contributed by atoms with Gasteiger partial charge < -0.3 is 11.1 Å². The van der Waals surface area contributed by atoms with E-state index in [2.05, 4.69) is 5.32 Å². The SMILES string of the molecule is Cl.NC1(c2ccc(Cl)cc2)CCNCC1. The lowest BCUT2D eigenvalue weighted by molar-refractivity contribution is 0.317. The van der Waals surface area contributed by atoms with Crippen molar-refractivity contribution < 1.29 is 0 Å². The summed E-state index contributed by atoms with van der Waals surface area (Å²) in [5.74, 6) is 0. The van der Waals surface area contributed by atoms with Gasteiger partial charge in [-0.1, -0.05) is 23.7 Å². The molecule has 0 spiro atoms. The summed E-state index contributed by atoms with van der Waals surface area (Å²) in [4.78, 5) is 0. The van der Waals surface area contributed by atoms with Crippen molar-refractivity contribution >= 4 is 24.0 Å². The quantitative estimate of drug-likeness (QED) is 0.799. The summed E-state index contributed by atoms with van der Waals surface area (Å²) >= 11 is 5.84. The average Bonchev–Trinajstić information content (AvgIpc) is 2.19. The van der Waals surface area contributed by atoms with Gasteiger partial charge in [-0.2, -0.15) is 0 Å². The standard InChI is InChI=1S/C11H15ClN2.ClH/c12-10-3-1-9(2-4-10)11(13)5-7-14-8-6-11;/h1-4,14H,5-8,13H2;1H. The van der Waals surface area contributed by atoms with Crippen molar-refractivity contribution in [1.82, 2.24) is 5.32 Å². The molecule has 4 heteroatoms. The van der Waals surface area contributed by atoms with Crippen LogP contribution in [0.2, 0.25) is 5.02 Å². The van der Waals surface area contributed by atoms with Crippen molar-refractivity contribution in [2.45, 2.75) is 18.4 Å². The van der Waals surface area contributed by atoms with Crippen LogP contribution < -0.4 is 11.1 Å². The Morgan fingerprint density at radius 3 is 2.20 bits per heavy atom. The number of rotatable bonds is 1. The first-order valence-electron chi connectivity index (χ1n) is 4.96. The van der Waals surface area contributed by atoms with E-state index in [-0.39, 0.29) is 17.9 Å². The summed E-state index contributed by atoms with van der Waals surface area (Å²) in [6, 6.07) is 7.89. The molecule has 0 unspecified atom stereocenters. The second-order valence-electron chi connectivity index (χ2n) is 3.91. The van der Waals surface area contributed by atoms with E-state index >= 15 is 0 Å². The monoisotopic (exact) mass is 246 g/mol. The zero-order valence-corrected chi connectivity index (χ0v) is 10.1. The number of hydrogen-bond donors (Lipinski definition) is 2. The second-order valence-corrected chi connectivity index (χ2v) is 4.35. The van der Waals surface area contributed by atoms with Gasteiger partial charge in [0.05, 0.1) is 0 Å². The maximum Gasteiger partial charge on any atom is 0.0433 e. The number of benzene rings is 1. The third-order valence-electron chi connectivity index (χ3n) is 2.91. The molecule has 0 bridgehead atoms. The van der Waals surface area contributed by atoms with E-state index in [9.17, 15) is 0 Å². The normalized spacial score (nSPS) is 19.3. The predicted octanol–water partition coefficient (Wildman–Crippen LogP) is 2.30. The van der Waals surface area contributed by atoms with Gasteiger partial charge in [-0.25, -0.2) is 0 Å². The van der Waals surface area contributed by atoms with Gasteiger partial charge >= 0.3 is 0 Å². The van der Waals surface area contributed by atoms with Crippen LogP contribution in [0.4, 0.5) is 0 Å². The van der Waals surface area contributed by atoms with Crippen LogP contribution >= 0.6 is 24.0 Å². The van der Waals surface area contributed by atoms with E-state index in [4.69, 9.17) is 17.3 Å². The van der Waals surface area contributed by atoms with E-state index < -0.39 is 0 Å². The molecule has 0 saturated carbocycles. The fourth-order valence-corrected chi connectivity index (χ4v) is 2.07. The molecule has 1 fully saturated rings. The first-order chi connectivity index (χ1) is 6.71. The topological polar surface area (TPSA) is 38.0 Å². The minimum atomic E-state index is -0.157. The summed E-state index contributed by atoms with van der Waals surface area (Å²) in [5.41, 5.74) is 7.39. The van der Waals surface area contributed by atoms with E-state index in [1.165, 1.54) is 5.56 Å². The van der Waals surface area contributed by atoms with Crippen molar-refractivity contribution in [2.75, 3.05) is 13.1 Å². The zero-order valence-electron chi connectivity index (χ0n) is 8.50. The first-order valence-corrected chi connectivity index (χ1v) is 5.34. The Balaban J connectivity index is 0.00000112. The van der Waals surface area contributed by atoms with Gasteiger partial charge in [0, 0.05) is 10.6 Å². The highest BCUT2D eigenvalue weighted by atomic mass is 35.5. The van der Waals surface area contributed by atoms with Gasteiger partial charge in [-0.15, -0.1) is 12.4 Å². The lowest BCUT2D eigenvalue weighted by Gasteiger charge is -2.34. The minimum Gasteiger partial charge on any atom is -0.321 e. The molecule has 2 rings (SSSR count). The Labute approximate surface area is 102 Å². The van der Waals surface area contributed by atoms with Crippen LogP contribution in [0, 0.1) is 0 Å². The highest BCUT2D eigenvalue weighted by molar-refractivity contribution is 6.30. The molecule has 0 radical (unpaired) electrons. The van der Waals surface area contributed by atoms with Gasteiger partial charge in [0.2, 0.25) is 0 Å². The number of nitrogens with one attached hydrogen (secondary N) is 1. The Morgan fingerprint density at radius 2 is 1.67 bits per heavy atom. The fraction of sp³-hybridized carbons (Fsp3) is 0.455. The lowest BCUT2D eigenvalue weighted by Crippen LogP contribution is -2.46. The molecule has 2 nitrogen and oxygen atoms in total. The van der Waals surface area contributed by atoms with E-state index in [1.807, 2.05) is 24.3 Å². The van der Waals surface area contributed by atoms with Crippen LogP contribution in [0.15, 0.2) is 24.3 Å². The lowest BCUT2D eigenvalue weighted by atomic mass is 9.83. The molecule has 1 aromatic rings. The van der Waals surface area contributed by atoms with Crippen molar-refractivity contribution in [1.29, 1.82) is 0 Å². The number of hydrogen-bond acceptors (Lipinski definition) is 2. The molecule has 3 N–H and O–H groups in total. The van der Waals surface area contributed by atoms with Crippen LogP contribution in [0.5, 0.6) is 0 Å². The largest absolute Gasteiger partial charge is 0.321 e. The van der Waals surface area contributed by atoms with Gasteiger partial charge in [0.1, 0.15) is 0 Å². The Bertz CT molecular complexity index is 305. The van der Waals surface area contributed by atoms with Crippen LogP contribution in [0.3, 0.4) is 0 Å². The van der Waals surface area contributed by atoms with E-state index in [0.717, 1.165) is 31.0 Å². The maximum atomic E-state index is 6.35. The minimum absolute atomic E-state index is 0. The summed E-state index contributed by atoms with van der Waals surface area (Å²) in [7, 11) is 0. The van der Waals surface area contributed by atoms with Crippen LogP contribution in [-0.4, -0.2) is 13.1 Å². The molecular weight excluding hydrogens is 231 g/mol. The molecular formula is C11H16Cl2N2. The first kappa shape index (κ1) is 12.8. The van der Waals surface area contributed by atoms with Gasteiger partial charge in [0.15, 0.2) is 0 Å².